The Morgan fingerprint density at radius 2 is 1.87 bits per heavy atom. The molecule has 164 valence electrons. The summed E-state index contributed by atoms with van der Waals surface area (Å²) in [6.07, 6.45) is 7.32. The first-order chi connectivity index (χ1) is 15.1. The molecule has 2 aliphatic rings. The average molecular weight is 422 g/mol. The van der Waals surface area contributed by atoms with Crippen molar-refractivity contribution in [2.24, 2.45) is 5.92 Å². The van der Waals surface area contributed by atoms with Crippen molar-refractivity contribution in [2.75, 3.05) is 19.7 Å². The Labute approximate surface area is 184 Å². The second-order valence-corrected chi connectivity index (χ2v) is 8.68. The molecule has 2 aromatic rings. The van der Waals surface area contributed by atoms with E-state index in [9.17, 15) is 9.59 Å². The number of ether oxygens (including phenoxy) is 1. The Morgan fingerprint density at radius 3 is 2.61 bits per heavy atom. The summed E-state index contributed by atoms with van der Waals surface area (Å²) in [4.78, 5) is 32.7. The minimum Gasteiger partial charge on any atom is -0.361 e. The monoisotopic (exact) mass is 421 g/mol. The van der Waals surface area contributed by atoms with Gasteiger partial charge in [0, 0.05) is 37.8 Å². The summed E-state index contributed by atoms with van der Waals surface area (Å²) in [5.41, 5.74) is 0.670. The zero-order valence-electron chi connectivity index (χ0n) is 18.0. The lowest BCUT2D eigenvalue weighted by atomic mass is 9.92. The summed E-state index contributed by atoms with van der Waals surface area (Å²) in [5.74, 6) is 0.421. The maximum absolute atomic E-state index is 13.4. The fourth-order valence-corrected chi connectivity index (χ4v) is 4.65. The molecule has 31 heavy (non-hydrogen) atoms. The molecule has 2 amide bonds. The highest BCUT2D eigenvalue weighted by atomic mass is 16.5. The van der Waals surface area contributed by atoms with Gasteiger partial charge in [0.25, 0.3) is 5.91 Å². The third kappa shape index (κ3) is 5.50. The molecular weight excluding hydrogens is 390 g/mol. The van der Waals surface area contributed by atoms with Gasteiger partial charge in [0.2, 0.25) is 5.91 Å². The van der Waals surface area contributed by atoms with Crippen LogP contribution in [0.25, 0.3) is 0 Å². The lowest BCUT2D eigenvalue weighted by molar-refractivity contribution is -0.166. The van der Waals surface area contributed by atoms with Crippen molar-refractivity contribution in [3.63, 3.8) is 0 Å². The van der Waals surface area contributed by atoms with Gasteiger partial charge in [0.05, 0.1) is 13.2 Å². The number of hydrogen-bond donors (Lipinski definition) is 1. The van der Waals surface area contributed by atoms with E-state index in [1.807, 2.05) is 53.4 Å². The number of hydrogen-bond acceptors (Lipinski definition) is 4. The van der Waals surface area contributed by atoms with E-state index in [-0.39, 0.29) is 18.4 Å². The number of carbonyl (C=O) groups is 2. The predicted molar refractivity (Wildman–Crippen MR) is 118 cm³/mol. The minimum atomic E-state index is -1.13. The van der Waals surface area contributed by atoms with E-state index in [1.54, 1.807) is 6.20 Å². The molecular formula is C25H31N3O3. The zero-order chi connectivity index (χ0) is 21.5. The van der Waals surface area contributed by atoms with Crippen LogP contribution < -0.4 is 5.32 Å². The molecule has 0 unspecified atom stereocenters. The second kappa shape index (κ2) is 10.1. The number of aromatic nitrogens is 1. The standard InChI is InChI=1S/C25H31N3O3/c29-23(16-20-8-4-5-9-20)28-14-15-31-25(19-28,17-22-12-6-7-13-26-22)24(30)27-18-21-10-2-1-3-11-21/h1-3,6-7,10-13,20H,4-5,8-9,14-19H2,(H,27,30)/t25-/m1/s1. The molecule has 1 aromatic heterocycles. The van der Waals surface area contributed by atoms with Gasteiger partial charge in [-0.3, -0.25) is 14.6 Å². The fraction of sp³-hybridized carbons (Fsp3) is 0.480. The van der Waals surface area contributed by atoms with Gasteiger partial charge in [0.1, 0.15) is 0 Å². The van der Waals surface area contributed by atoms with Gasteiger partial charge < -0.3 is 15.0 Å². The van der Waals surface area contributed by atoms with E-state index >= 15 is 0 Å². The van der Waals surface area contributed by atoms with Crippen molar-refractivity contribution >= 4 is 11.8 Å². The molecule has 6 nitrogen and oxygen atoms in total. The van der Waals surface area contributed by atoms with E-state index in [0.29, 0.717) is 38.5 Å². The van der Waals surface area contributed by atoms with Crippen LogP contribution >= 0.6 is 0 Å². The van der Waals surface area contributed by atoms with Gasteiger partial charge in [-0.05, 0) is 36.5 Å². The summed E-state index contributed by atoms with van der Waals surface area (Å²) in [7, 11) is 0. The van der Waals surface area contributed by atoms with Crippen LogP contribution in [0.2, 0.25) is 0 Å². The highest BCUT2D eigenvalue weighted by Crippen LogP contribution is 2.30. The molecule has 2 fully saturated rings. The van der Waals surface area contributed by atoms with Gasteiger partial charge >= 0.3 is 0 Å². The number of pyridine rings is 1. The summed E-state index contributed by atoms with van der Waals surface area (Å²) in [6, 6.07) is 15.5. The Kier molecular flexibility index (Phi) is 6.97. The van der Waals surface area contributed by atoms with Crippen molar-refractivity contribution in [1.29, 1.82) is 0 Å². The van der Waals surface area contributed by atoms with Gasteiger partial charge in [-0.1, -0.05) is 49.2 Å². The predicted octanol–water partition coefficient (Wildman–Crippen LogP) is 3.12. The largest absolute Gasteiger partial charge is 0.361 e. The maximum Gasteiger partial charge on any atom is 0.254 e. The summed E-state index contributed by atoms with van der Waals surface area (Å²) in [5, 5.41) is 3.03. The molecule has 4 rings (SSSR count). The lowest BCUT2D eigenvalue weighted by Gasteiger charge is -2.41. The third-order valence-corrected chi connectivity index (χ3v) is 6.38. The number of carbonyl (C=O) groups excluding carboxylic acids is 2. The molecule has 1 saturated carbocycles. The first-order valence-electron chi connectivity index (χ1n) is 11.3. The Hall–Kier alpha value is -2.73. The third-order valence-electron chi connectivity index (χ3n) is 6.38. The van der Waals surface area contributed by atoms with Crippen LogP contribution in [0.5, 0.6) is 0 Å². The quantitative estimate of drug-likeness (QED) is 0.746. The highest BCUT2D eigenvalue weighted by molar-refractivity contribution is 5.87. The Morgan fingerprint density at radius 1 is 1.10 bits per heavy atom. The van der Waals surface area contributed by atoms with E-state index in [2.05, 4.69) is 10.3 Å². The average Bonchev–Trinajstić information content (AvgIpc) is 3.32. The van der Waals surface area contributed by atoms with Gasteiger partial charge in [-0.2, -0.15) is 0 Å². The molecule has 1 atom stereocenters. The van der Waals surface area contributed by atoms with Crippen molar-refractivity contribution in [2.45, 2.75) is 50.7 Å². The van der Waals surface area contributed by atoms with E-state index in [4.69, 9.17) is 4.74 Å². The van der Waals surface area contributed by atoms with Gasteiger partial charge in [-0.25, -0.2) is 0 Å². The van der Waals surface area contributed by atoms with Crippen molar-refractivity contribution < 1.29 is 14.3 Å². The Balaban J connectivity index is 1.49. The first-order valence-corrected chi connectivity index (χ1v) is 11.3. The maximum atomic E-state index is 13.4. The molecule has 1 aromatic carbocycles. The van der Waals surface area contributed by atoms with Gasteiger partial charge in [-0.15, -0.1) is 0 Å². The SMILES string of the molecule is O=C(CC1CCCC1)N1CCO[C@@](Cc2ccccn2)(C(=O)NCc2ccccc2)C1. The summed E-state index contributed by atoms with van der Waals surface area (Å²) in [6.45, 7) is 1.56. The van der Waals surface area contributed by atoms with Crippen molar-refractivity contribution in [3.8, 4) is 0 Å². The van der Waals surface area contributed by atoms with Crippen LogP contribution in [0.4, 0.5) is 0 Å². The number of nitrogens with one attached hydrogen (secondary N) is 1. The van der Waals surface area contributed by atoms with Crippen LogP contribution in [-0.2, 0) is 27.3 Å². The second-order valence-electron chi connectivity index (χ2n) is 8.68. The molecule has 1 saturated heterocycles. The van der Waals surface area contributed by atoms with Crippen molar-refractivity contribution in [3.05, 3.63) is 66.0 Å². The molecule has 0 bridgehead atoms. The molecule has 6 heteroatoms. The normalized spacial score (nSPS) is 21.7. The van der Waals surface area contributed by atoms with Gasteiger partial charge in [0.15, 0.2) is 5.60 Å². The first kappa shape index (κ1) is 21.5. The lowest BCUT2D eigenvalue weighted by Crippen LogP contribution is -2.62. The number of amides is 2. The molecule has 0 spiro atoms. The van der Waals surface area contributed by atoms with Crippen LogP contribution in [0.3, 0.4) is 0 Å². The van der Waals surface area contributed by atoms with Crippen molar-refractivity contribution in [1.82, 2.24) is 15.2 Å². The molecule has 1 aliphatic heterocycles. The summed E-state index contributed by atoms with van der Waals surface area (Å²) < 4.78 is 6.12. The zero-order valence-corrected chi connectivity index (χ0v) is 18.0. The number of benzene rings is 1. The highest BCUT2D eigenvalue weighted by Gasteiger charge is 2.45. The van der Waals surface area contributed by atoms with Crippen LogP contribution in [0.15, 0.2) is 54.7 Å². The molecule has 1 aliphatic carbocycles. The molecule has 0 radical (unpaired) electrons. The molecule has 2 heterocycles. The number of nitrogens with zero attached hydrogens (tertiary/aromatic N) is 2. The topological polar surface area (TPSA) is 71.5 Å². The Bertz CT molecular complexity index is 868. The van der Waals surface area contributed by atoms with Crippen LogP contribution in [0.1, 0.15) is 43.4 Å². The van der Waals surface area contributed by atoms with E-state index in [0.717, 1.165) is 24.1 Å². The van der Waals surface area contributed by atoms with Crippen LogP contribution in [0, 0.1) is 5.92 Å². The minimum absolute atomic E-state index is 0.136. The van der Waals surface area contributed by atoms with Crippen LogP contribution in [-0.4, -0.2) is 47.0 Å². The number of morpholine rings is 1. The summed E-state index contributed by atoms with van der Waals surface area (Å²) >= 11 is 0. The fourth-order valence-electron chi connectivity index (χ4n) is 4.65. The van der Waals surface area contributed by atoms with E-state index in [1.165, 1.54) is 12.8 Å². The molecule has 1 N–H and O–H groups in total. The smallest absolute Gasteiger partial charge is 0.254 e. The van der Waals surface area contributed by atoms with E-state index < -0.39 is 5.60 Å². The number of rotatable bonds is 7.